The minimum absolute atomic E-state index is 0.0828. The van der Waals surface area contributed by atoms with Crippen molar-refractivity contribution in [1.29, 1.82) is 0 Å². The number of allylic oxidation sites excluding steroid dienone is 2. The lowest BCUT2D eigenvalue weighted by atomic mass is 9.47. The Morgan fingerprint density at radius 2 is 0.939 bits per heavy atom. The molecule has 0 aromatic heterocycles. The summed E-state index contributed by atoms with van der Waals surface area (Å²) in [5.41, 5.74) is 11.1. The van der Waals surface area contributed by atoms with E-state index in [0.29, 0.717) is 0 Å². The van der Waals surface area contributed by atoms with Crippen molar-refractivity contribution in [2.75, 3.05) is 0 Å². The Bertz CT molecular complexity index is 1490. The van der Waals surface area contributed by atoms with Crippen molar-refractivity contribution in [3.8, 4) is 23.0 Å². The second-order valence-corrected chi connectivity index (χ2v) is 9.97. The minimum atomic E-state index is -0.0828. The van der Waals surface area contributed by atoms with Gasteiger partial charge in [-0.25, -0.2) is 0 Å². The van der Waals surface area contributed by atoms with Gasteiger partial charge in [0.25, 0.3) is 0 Å². The summed E-state index contributed by atoms with van der Waals surface area (Å²) in [6, 6.07) is 30.6. The Labute approximate surface area is 192 Å². The van der Waals surface area contributed by atoms with Crippen LogP contribution in [0.5, 0.6) is 23.0 Å². The quantitative estimate of drug-likeness (QED) is 0.289. The van der Waals surface area contributed by atoms with E-state index in [1.165, 1.54) is 44.5 Å². The molecule has 2 spiro atoms. The second-order valence-electron chi connectivity index (χ2n) is 9.97. The van der Waals surface area contributed by atoms with E-state index in [1.807, 2.05) is 0 Å². The molecule has 0 saturated carbocycles. The van der Waals surface area contributed by atoms with E-state index in [0.717, 1.165) is 42.3 Å². The van der Waals surface area contributed by atoms with E-state index in [2.05, 4.69) is 84.9 Å². The molecule has 2 heterocycles. The zero-order chi connectivity index (χ0) is 21.4. The van der Waals surface area contributed by atoms with Gasteiger partial charge >= 0.3 is 0 Å². The van der Waals surface area contributed by atoms with Crippen LogP contribution in [0.1, 0.15) is 52.6 Å². The van der Waals surface area contributed by atoms with Crippen LogP contribution in [0, 0.1) is 0 Å². The van der Waals surface area contributed by atoms with Crippen molar-refractivity contribution in [1.82, 2.24) is 0 Å². The Hall–Kier alpha value is -3.78. The molecule has 0 radical (unpaired) electrons. The van der Waals surface area contributed by atoms with Crippen LogP contribution in [0.3, 0.4) is 0 Å². The first-order valence-corrected chi connectivity index (χ1v) is 11.9. The van der Waals surface area contributed by atoms with Crippen LogP contribution < -0.4 is 9.47 Å². The van der Waals surface area contributed by atoms with E-state index in [1.54, 1.807) is 0 Å². The molecule has 3 aliphatic carbocycles. The third-order valence-corrected chi connectivity index (χ3v) is 8.79. The van der Waals surface area contributed by atoms with E-state index >= 15 is 0 Å². The van der Waals surface area contributed by atoms with Gasteiger partial charge in [0.15, 0.2) is 0 Å². The molecule has 5 aliphatic rings. The van der Waals surface area contributed by atoms with E-state index < -0.39 is 0 Å². The fraction of sp³-hybridized carbons (Fsp3) is 0.161. The third-order valence-electron chi connectivity index (χ3n) is 8.79. The maximum Gasteiger partial charge on any atom is 0.132 e. The van der Waals surface area contributed by atoms with Gasteiger partial charge < -0.3 is 9.47 Å². The van der Waals surface area contributed by atoms with Gasteiger partial charge in [-0.3, -0.25) is 0 Å². The number of rotatable bonds is 0. The third kappa shape index (κ3) is 1.60. The molecular weight excluding hydrogens is 404 g/mol. The van der Waals surface area contributed by atoms with Gasteiger partial charge in [-0.05, 0) is 59.4 Å². The zero-order valence-electron chi connectivity index (χ0n) is 18.0. The number of hydrogen-bond donors (Lipinski definition) is 0. The Balaban J connectivity index is 1.48. The first-order chi connectivity index (χ1) is 16.3. The van der Waals surface area contributed by atoms with Crippen LogP contribution in [0.2, 0.25) is 0 Å². The van der Waals surface area contributed by atoms with Crippen molar-refractivity contribution in [3.05, 3.63) is 118 Å². The Morgan fingerprint density at radius 1 is 0.485 bits per heavy atom. The highest BCUT2D eigenvalue weighted by atomic mass is 16.5. The second kappa shape index (κ2) is 5.23. The van der Waals surface area contributed by atoms with Gasteiger partial charge in [-0.1, -0.05) is 67.1 Å². The summed E-state index contributed by atoms with van der Waals surface area (Å²) in [5, 5.41) is 0. The highest BCUT2D eigenvalue weighted by molar-refractivity contribution is 6.15. The molecule has 0 fully saturated rings. The highest BCUT2D eigenvalue weighted by Gasteiger charge is 2.64. The number of para-hydroxylation sites is 2. The average molecular weight is 424 g/mol. The predicted octanol–water partition coefficient (Wildman–Crippen LogP) is 7.59. The summed E-state index contributed by atoms with van der Waals surface area (Å²) >= 11 is 0. The average Bonchev–Trinajstić information content (AvgIpc) is 2.94. The maximum atomic E-state index is 6.42. The van der Waals surface area contributed by atoms with Gasteiger partial charge in [0.1, 0.15) is 23.0 Å². The standard InChI is InChI=1S/C31H20O2/c1-3-12-22-20(10-1)30-16-7-17-31-21-11-2-4-13-23(21)33-25-15-6-9-19(27(25)31)29(31)28(30)18-8-5-14-24(32-22)26(18)30/h1-6,8-15H,7,16-17H2. The lowest BCUT2D eigenvalue weighted by Gasteiger charge is -2.56. The molecule has 2 unspecified atom stereocenters. The van der Waals surface area contributed by atoms with Gasteiger partial charge in [0.05, 0.1) is 10.8 Å². The first kappa shape index (κ1) is 16.8. The summed E-state index contributed by atoms with van der Waals surface area (Å²) < 4.78 is 12.8. The number of ether oxygens (including phenoxy) is 2. The summed E-state index contributed by atoms with van der Waals surface area (Å²) in [6.07, 6.45) is 3.38. The van der Waals surface area contributed by atoms with Gasteiger partial charge in [-0.2, -0.15) is 0 Å². The lowest BCUT2D eigenvalue weighted by molar-refractivity contribution is 0.386. The van der Waals surface area contributed by atoms with E-state index in [-0.39, 0.29) is 10.8 Å². The van der Waals surface area contributed by atoms with Gasteiger partial charge in [0, 0.05) is 22.3 Å². The van der Waals surface area contributed by atoms with Crippen LogP contribution >= 0.6 is 0 Å². The van der Waals surface area contributed by atoms with Crippen LogP contribution in [0.25, 0.3) is 11.1 Å². The smallest absolute Gasteiger partial charge is 0.132 e. The lowest BCUT2D eigenvalue weighted by Crippen LogP contribution is -2.46. The molecule has 0 amide bonds. The minimum Gasteiger partial charge on any atom is -0.457 e. The highest BCUT2D eigenvalue weighted by Crippen LogP contribution is 2.75. The molecule has 156 valence electrons. The maximum absolute atomic E-state index is 6.42. The fourth-order valence-corrected chi connectivity index (χ4v) is 7.79. The molecule has 2 atom stereocenters. The molecule has 9 rings (SSSR count). The van der Waals surface area contributed by atoms with Gasteiger partial charge in [0.2, 0.25) is 0 Å². The van der Waals surface area contributed by atoms with Crippen LogP contribution in [-0.4, -0.2) is 0 Å². The summed E-state index contributed by atoms with van der Waals surface area (Å²) in [6.45, 7) is 0. The van der Waals surface area contributed by atoms with Crippen molar-refractivity contribution in [3.63, 3.8) is 0 Å². The summed E-state index contributed by atoms with van der Waals surface area (Å²) in [4.78, 5) is 0. The zero-order valence-corrected chi connectivity index (χ0v) is 18.0. The SMILES string of the molecule is c1ccc2c(c1)Oc1cccc3c1C21CCCC24C(=C31)c1cccc(c12)Oc1ccccc14. The van der Waals surface area contributed by atoms with Gasteiger partial charge in [-0.15, -0.1) is 0 Å². The summed E-state index contributed by atoms with van der Waals surface area (Å²) in [7, 11) is 0. The van der Waals surface area contributed by atoms with Crippen molar-refractivity contribution >= 4 is 11.1 Å². The monoisotopic (exact) mass is 424 g/mol. The van der Waals surface area contributed by atoms with Crippen LogP contribution in [0.4, 0.5) is 0 Å². The normalized spacial score (nSPS) is 25.8. The largest absolute Gasteiger partial charge is 0.457 e. The fourth-order valence-electron chi connectivity index (χ4n) is 7.79. The Kier molecular flexibility index (Phi) is 2.66. The molecular formula is C31H20O2. The van der Waals surface area contributed by atoms with E-state index in [4.69, 9.17) is 9.47 Å². The molecule has 33 heavy (non-hydrogen) atoms. The van der Waals surface area contributed by atoms with Crippen molar-refractivity contribution in [2.24, 2.45) is 0 Å². The topological polar surface area (TPSA) is 18.5 Å². The summed E-state index contributed by atoms with van der Waals surface area (Å²) in [5.74, 6) is 4.09. The molecule has 4 aromatic rings. The molecule has 2 nitrogen and oxygen atoms in total. The van der Waals surface area contributed by atoms with E-state index in [9.17, 15) is 0 Å². The van der Waals surface area contributed by atoms with Crippen LogP contribution in [-0.2, 0) is 10.8 Å². The number of hydrogen-bond acceptors (Lipinski definition) is 2. The van der Waals surface area contributed by atoms with Crippen molar-refractivity contribution < 1.29 is 9.47 Å². The Morgan fingerprint density at radius 3 is 1.45 bits per heavy atom. The molecule has 2 aliphatic heterocycles. The molecule has 0 bridgehead atoms. The number of benzene rings is 4. The molecule has 4 aromatic carbocycles. The van der Waals surface area contributed by atoms with Crippen LogP contribution in [0.15, 0.2) is 84.9 Å². The van der Waals surface area contributed by atoms with Crippen molar-refractivity contribution in [2.45, 2.75) is 30.1 Å². The molecule has 2 heteroatoms. The molecule has 0 N–H and O–H groups in total. The number of fused-ring (bicyclic) bond motifs is 4. The first-order valence-electron chi connectivity index (χ1n) is 11.9. The molecule has 0 saturated heterocycles. The predicted molar refractivity (Wildman–Crippen MR) is 128 cm³/mol.